The molecule has 0 bridgehead atoms. The molecule has 0 aliphatic rings. The second-order valence-electron chi connectivity index (χ2n) is 4.17. The van der Waals surface area contributed by atoms with Gasteiger partial charge in [-0.25, -0.2) is 4.98 Å². The molecule has 0 N–H and O–H groups in total. The van der Waals surface area contributed by atoms with E-state index >= 15 is 0 Å². The first-order valence-corrected chi connectivity index (χ1v) is 4.59. The Bertz CT molecular complexity index is 260. The van der Waals surface area contributed by atoms with E-state index in [1.165, 1.54) is 0 Å². The summed E-state index contributed by atoms with van der Waals surface area (Å²) in [6, 6.07) is 0. The second kappa shape index (κ2) is 3.92. The minimum atomic E-state index is -0.0504. The minimum Gasteiger partial charge on any atom is -0.375 e. The lowest BCUT2D eigenvalue weighted by molar-refractivity contribution is -0.00177. The average Bonchev–Trinajstić information content (AvgIpc) is 2.34. The topological polar surface area (TPSA) is 27.1 Å². The lowest BCUT2D eigenvalue weighted by Gasteiger charge is -2.19. The van der Waals surface area contributed by atoms with Gasteiger partial charge in [0.15, 0.2) is 0 Å². The molecule has 0 spiro atoms. The number of rotatable bonds is 3. The molecule has 74 valence electrons. The molecule has 0 saturated heterocycles. The normalized spacial score (nSPS) is 12.0. The van der Waals surface area contributed by atoms with E-state index in [0.29, 0.717) is 0 Å². The van der Waals surface area contributed by atoms with Crippen LogP contribution in [0.3, 0.4) is 0 Å². The van der Waals surface area contributed by atoms with Crippen LogP contribution in [-0.4, -0.2) is 21.8 Å². The van der Waals surface area contributed by atoms with E-state index in [9.17, 15) is 0 Å². The fraction of sp³-hybridized carbons (Fsp3) is 0.700. The molecule has 0 fully saturated rings. The van der Waals surface area contributed by atoms with Crippen LogP contribution in [0.4, 0.5) is 0 Å². The highest BCUT2D eigenvalue weighted by Crippen LogP contribution is 2.07. The maximum absolute atomic E-state index is 5.60. The van der Waals surface area contributed by atoms with Gasteiger partial charge >= 0.3 is 0 Å². The summed E-state index contributed by atoms with van der Waals surface area (Å²) in [5.74, 6) is 1.07. The first-order chi connectivity index (χ1) is 5.99. The van der Waals surface area contributed by atoms with Gasteiger partial charge in [-0.15, -0.1) is 0 Å². The van der Waals surface area contributed by atoms with Gasteiger partial charge in [0.05, 0.1) is 12.2 Å². The Balaban J connectivity index is 2.32. The van der Waals surface area contributed by atoms with Crippen LogP contribution in [0.25, 0.3) is 0 Å². The van der Waals surface area contributed by atoms with Crippen molar-refractivity contribution in [3.63, 3.8) is 0 Å². The van der Waals surface area contributed by atoms with Crippen molar-refractivity contribution in [1.82, 2.24) is 9.55 Å². The van der Waals surface area contributed by atoms with Crippen LogP contribution >= 0.6 is 0 Å². The van der Waals surface area contributed by atoms with E-state index in [0.717, 1.165) is 18.9 Å². The van der Waals surface area contributed by atoms with E-state index in [1.54, 1.807) is 0 Å². The quantitative estimate of drug-likeness (QED) is 0.712. The highest BCUT2D eigenvalue weighted by Gasteiger charge is 2.10. The molecule has 3 nitrogen and oxygen atoms in total. The Labute approximate surface area is 79.7 Å². The number of aromatic nitrogens is 2. The molecular formula is C10H18N2O. The van der Waals surface area contributed by atoms with Crippen molar-refractivity contribution in [2.75, 3.05) is 6.61 Å². The summed E-state index contributed by atoms with van der Waals surface area (Å²) in [4.78, 5) is 4.22. The number of hydrogen-bond acceptors (Lipinski definition) is 2. The van der Waals surface area contributed by atoms with Crippen LogP contribution in [-0.2, 0) is 18.2 Å². The van der Waals surface area contributed by atoms with E-state index < -0.39 is 0 Å². The summed E-state index contributed by atoms with van der Waals surface area (Å²) in [6.07, 6.45) is 4.64. The third kappa shape index (κ3) is 3.59. The van der Waals surface area contributed by atoms with Gasteiger partial charge in [-0.3, -0.25) is 0 Å². The third-order valence-corrected chi connectivity index (χ3v) is 1.78. The second-order valence-corrected chi connectivity index (χ2v) is 4.17. The van der Waals surface area contributed by atoms with Crippen LogP contribution in [0.5, 0.6) is 0 Å². The summed E-state index contributed by atoms with van der Waals surface area (Å²) in [6.45, 7) is 6.91. The maximum Gasteiger partial charge on any atom is 0.110 e. The zero-order valence-electron chi connectivity index (χ0n) is 8.87. The molecule has 1 aromatic rings. The molecule has 0 saturated carbocycles. The summed E-state index contributed by atoms with van der Waals surface area (Å²) in [5, 5.41) is 0. The molecular weight excluding hydrogens is 164 g/mol. The molecule has 1 aromatic heterocycles. The predicted octanol–water partition coefficient (Wildman–Crippen LogP) is 1.78. The fourth-order valence-electron chi connectivity index (χ4n) is 1.09. The number of aryl methyl sites for hydroxylation is 1. The molecule has 0 atom stereocenters. The third-order valence-electron chi connectivity index (χ3n) is 1.78. The van der Waals surface area contributed by atoms with Crippen LogP contribution in [0.1, 0.15) is 26.6 Å². The molecule has 0 radical (unpaired) electrons. The lowest BCUT2D eigenvalue weighted by atomic mass is 10.2. The molecule has 1 rings (SSSR count). The van der Waals surface area contributed by atoms with Crippen molar-refractivity contribution < 1.29 is 4.74 Å². The molecule has 13 heavy (non-hydrogen) atoms. The zero-order valence-corrected chi connectivity index (χ0v) is 8.87. The Kier molecular flexibility index (Phi) is 3.09. The fourth-order valence-corrected chi connectivity index (χ4v) is 1.09. The van der Waals surface area contributed by atoms with Crippen LogP contribution in [0.15, 0.2) is 12.4 Å². The average molecular weight is 182 g/mol. The monoisotopic (exact) mass is 182 g/mol. The van der Waals surface area contributed by atoms with Gasteiger partial charge in [-0.2, -0.15) is 0 Å². The van der Waals surface area contributed by atoms with Crippen LogP contribution < -0.4 is 0 Å². The van der Waals surface area contributed by atoms with Crippen molar-refractivity contribution in [2.45, 2.75) is 32.8 Å². The van der Waals surface area contributed by atoms with Gasteiger partial charge in [0.25, 0.3) is 0 Å². The van der Waals surface area contributed by atoms with E-state index in [1.807, 2.05) is 24.0 Å². The van der Waals surface area contributed by atoms with E-state index in [4.69, 9.17) is 4.74 Å². The predicted molar refractivity (Wildman–Crippen MR) is 52.6 cm³/mol. The SMILES string of the molecule is Cn1ccnc1CCOC(C)(C)C. The van der Waals surface area contributed by atoms with Crippen molar-refractivity contribution in [1.29, 1.82) is 0 Å². The van der Waals surface area contributed by atoms with Gasteiger partial charge < -0.3 is 9.30 Å². The van der Waals surface area contributed by atoms with Crippen molar-refractivity contribution in [3.8, 4) is 0 Å². The highest BCUT2D eigenvalue weighted by atomic mass is 16.5. The van der Waals surface area contributed by atoms with E-state index in [-0.39, 0.29) is 5.60 Å². The van der Waals surface area contributed by atoms with Gasteiger partial charge in [-0.1, -0.05) is 0 Å². The summed E-state index contributed by atoms with van der Waals surface area (Å²) in [7, 11) is 2.00. The molecule has 3 heteroatoms. The Morgan fingerprint density at radius 1 is 1.46 bits per heavy atom. The summed E-state index contributed by atoms with van der Waals surface area (Å²) < 4.78 is 7.62. The molecule has 0 aromatic carbocycles. The largest absolute Gasteiger partial charge is 0.375 e. The van der Waals surface area contributed by atoms with Crippen molar-refractivity contribution in [2.24, 2.45) is 7.05 Å². The molecule has 0 aliphatic heterocycles. The summed E-state index contributed by atoms with van der Waals surface area (Å²) >= 11 is 0. The van der Waals surface area contributed by atoms with E-state index in [2.05, 4.69) is 25.8 Å². The van der Waals surface area contributed by atoms with Crippen LogP contribution in [0, 0.1) is 0 Å². The first kappa shape index (κ1) is 10.3. The number of nitrogens with zero attached hydrogens (tertiary/aromatic N) is 2. The lowest BCUT2D eigenvalue weighted by Crippen LogP contribution is -2.21. The highest BCUT2D eigenvalue weighted by molar-refractivity contribution is 4.90. The van der Waals surface area contributed by atoms with Crippen LogP contribution in [0.2, 0.25) is 0 Å². The number of hydrogen-bond donors (Lipinski definition) is 0. The van der Waals surface area contributed by atoms with Gasteiger partial charge in [0.2, 0.25) is 0 Å². The molecule has 0 amide bonds. The Hall–Kier alpha value is -0.830. The number of ether oxygens (including phenoxy) is 1. The first-order valence-electron chi connectivity index (χ1n) is 4.59. The molecule has 1 heterocycles. The molecule has 0 aliphatic carbocycles. The van der Waals surface area contributed by atoms with Gasteiger partial charge in [-0.05, 0) is 20.8 Å². The zero-order chi connectivity index (χ0) is 9.90. The summed E-state index contributed by atoms with van der Waals surface area (Å²) in [5.41, 5.74) is -0.0504. The number of imidazole rings is 1. The van der Waals surface area contributed by atoms with Gasteiger partial charge in [0.1, 0.15) is 5.82 Å². The van der Waals surface area contributed by atoms with Gasteiger partial charge in [0, 0.05) is 25.9 Å². The van der Waals surface area contributed by atoms with Crippen molar-refractivity contribution >= 4 is 0 Å². The Morgan fingerprint density at radius 2 is 2.15 bits per heavy atom. The standard InChI is InChI=1S/C10H18N2O/c1-10(2,3)13-8-5-9-11-6-7-12(9)4/h6-7H,5,8H2,1-4H3. The molecule has 0 unspecified atom stereocenters. The Morgan fingerprint density at radius 3 is 2.62 bits per heavy atom. The smallest absolute Gasteiger partial charge is 0.110 e. The van der Waals surface area contributed by atoms with Crippen molar-refractivity contribution in [3.05, 3.63) is 18.2 Å². The minimum absolute atomic E-state index is 0.0504. The maximum atomic E-state index is 5.60.